The van der Waals surface area contributed by atoms with Crippen LogP contribution in [0.5, 0.6) is 0 Å². The fourth-order valence-electron chi connectivity index (χ4n) is 3.08. The van der Waals surface area contributed by atoms with Gasteiger partial charge in [0.05, 0.1) is 12.0 Å². The molecule has 1 fully saturated rings. The summed E-state index contributed by atoms with van der Waals surface area (Å²) >= 11 is 0. The number of rotatable bonds is 5. The molecule has 0 radical (unpaired) electrons. The van der Waals surface area contributed by atoms with Crippen molar-refractivity contribution in [2.45, 2.75) is 38.3 Å². The van der Waals surface area contributed by atoms with Gasteiger partial charge in [-0.3, -0.25) is 9.59 Å². The SMILES string of the molecule is O=C(O)CC[C@@H]1CCCN(C(=O)Cc2ccccc2C(F)(F)F)C1. The van der Waals surface area contributed by atoms with E-state index in [4.69, 9.17) is 5.11 Å². The van der Waals surface area contributed by atoms with Crippen LogP contribution in [0.4, 0.5) is 13.2 Å². The number of hydrogen-bond donors (Lipinski definition) is 1. The number of halogens is 3. The summed E-state index contributed by atoms with van der Waals surface area (Å²) in [6, 6.07) is 5.10. The second kappa shape index (κ2) is 7.68. The van der Waals surface area contributed by atoms with E-state index in [-0.39, 0.29) is 30.2 Å². The van der Waals surface area contributed by atoms with E-state index in [1.54, 1.807) is 4.90 Å². The molecule has 1 heterocycles. The highest BCUT2D eigenvalue weighted by Crippen LogP contribution is 2.32. The van der Waals surface area contributed by atoms with Gasteiger partial charge in [-0.1, -0.05) is 18.2 Å². The second-order valence-electron chi connectivity index (χ2n) is 6.11. The molecule has 0 aromatic heterocycles. The van der Waals surface area contributed by atoms with Crippen molar-refractivity contribution in [3.05, 3.63) is 35.4 Å². The lowest BCUT2D eigenvalue weighted by Gasteiger charge is -2.33. The lowest BCUT2D eigenvalue weighted by molar-refractivity contribution is -0.139. The van der Waals surface area contributed by atoms with Gasteiger partial charge in [0.2, 0.25) is 5.91 Å². The molecule has 1 aromatic carbocycles. The first-order valence-corrected chi connectivity index (χ1v) is 7.92. The van der Waals surface area contributed by atoms with Crippen molar-refractivity contribution in [3.63, 3.8) is 0 Å². The van der Waals surface area contributed by atoms with Crippen molar-refractivity contribution >= 4 is 11.9 Å². The highest BCUT2D eigenvalue weighted by atomic mass is 19.4. The zero-order valence-corrected chi connectivity index (χ0v) is 13.2. The molecule has 1 aliphatic heterocycles. The molecule has 1 amide bonds. The molecule has 2 rings (SSSR count). The van der Waals surface area contributed by atoms with Crippen LogP contribution in [-0.2, 0) is 22.2 Å². The molecule has 1 saturated heterocycles. The molecule has 1 aliphatic rings. The standard InChI is InChI=1S/C17H20F3NO3/c18-17(19,20)14-6-2-1-5-13(14)10-15(22)21-9-3-4-12(11-21)7-8-16(23)24/h1-2,5-6,12H,3-4,7-11H2,(H,23,24)/t12-/m0/s1. The van der Waals surface area contributed by atoms with Gasteiger partial charge in [0.1, 0.15) is 0 Å². The lowest BCUT2D eigenvalue weighted by Crippen LogP contribution is -2.41. The van der Waals surface area contributed by atoms with Gasteiger partial charge in [0.25, 0.3) is 0 Å². The number of aliphatic carboxylic acids is 1. The number of alkyl halides is 3. The molecule has 7 heteroatoms. The van der Waals surface area contributed by atoms with Crippen LogP contribution in [0.3, 0.4) is 0 Å². The van der Waals surface area contributed by atoms with Crippen molar-refractivity contribution in [2.24, 2.45) is 5.92 Å². The molecule has 0 aliphatic carbocycles. The van der Waals surface area contributed by atoms with Gasteiger partial charge < -0.3 is 10.0 Å². The van der Waals surface area contributed by atoms with E-state index < -0.39 is 17.7 Å². The zero-order valence-electron chi connectivity index (χ0n) is 13.2. The van der Waals surface area contributed by atoms with E-state index in [2.05, 4.69) is 0 Å². The molecule has 0 bridgehead atoms. The third kappa shape index (κ3) is 4.97. The first kappa shape index (κ1) is 18.3. The summed E-state index contributed by atoms with van der Waals surface area (Å²) in [6.45, 7) is 0.927. The Bertz CT molecular complexity index is 601. The first-order valence-electron chi connectivity index (χ1n) is 7.92. The second-order valence-corrected chi connectivity index (χ2v) is 6.11. The Morgan fingerprint density at radius 3 is 2.62 bits per heavy atom. The Balaban J connectivity index is 2.01. The van der Waals surface area contributed by atoms with E-state index >= 15 is 0 Å². The fourth-order valence-corrected chi connectivity index (χ4v) is 3.08. The highest BCUT2D eigenvalue weighted by molar-refractivity contribution is 5.79. The largest absolute Gasteiger partial charge is 0.481 e. The Morgan fingerprint density at radius 2 is 1.96 bits per heavy atom. The van der Waals surface area contributed by atoms with E-state index in [0.29, 0.717) is 19.5 Å². The molecule has 0 saturated carbocycles. The number of carbonyl (C=O) groups excluding carboxylic acids is 1. The predicted molar refractivity (Wildman–Crippen MR) is 81.3 cm³/mol. The third-order valence-corrected chi connectivity index (χ3v) is 4.30. The van der Waals surface area contributed by atoms with Crippen LogP contribution in [0.1, 0.15) is 36.8 Å². The monoisotopic (exact) mass is 343 g/mol. The molecule has 1 N–H and O–H groups in total. The molecule has 1 aromatic rings. The number of likely N-dealkylation sites (tertiary alicyclic amines) is 1. The lowest BCUT2D eigenvalue weighted by atomic mass is 9.93. The van der Waals surface area contributed by atoms with Gasteiger partial charge in [-0.05, 0) is 36.8 Å². The summed E-state index contributed by atoms with van der Waals surface area (Å²) in [5.74, 6) is -1.12. The maximum Gasteiger partial charge on any atom is 0.416 e. The molecule has 132 valence electrons. The van der Waals surface area contributed by atoms with Gasteiger partial charge in [-0.2, -0.15) is 13.2 Å². The normalized spacial score (nSPS) is 18.5. The Labute approximate surface area is 138 Å². The first-order chi connectivity index (χ1) is 11.3. The smallest absolute Gasteiger partial charge is 0.416 e. The highest BCUT2D eigenvalue weighted by Gasteiger charge is 2.34. The van der Waals surface area contributed by atoms with Crippen LogP contribution >= 0.6 is 0 Å². The van der Waals surface area contributed by atoms with Crippen LogP contribution in [0.15, 0.2) is 24.3 Å². The summed E-state index contributed by atoms with van der Waals surface area (Å²) in [5, 5.41) is 8.73. The van der Waals surface area contributed by atoms with Crippen molar-refractivity contribution < 1.29 is 27.9 Å². The average molecular weight is 343 g/mol. The van der Waals surface area contributed by atoms with Gasteiger partial charge in [-0.15, -0.1) is 0 Å². The average Bonchev–Trinajstić information content (AvgIpc) is 2.52. The van der Waals surface area contributed by atoms with Gasteiger partial charge in [0.15, 0.2) is 0 Å². The van der Waals surface area contributed by atoms with Crippen LogP contribution < -0.4 is 0 Å². The van der Waals surface area contributed by atoms with Crippen LogP contribution in [-0.4, -0.2) is 35.0 Å². The predicted octanol–water partition coefficient (Wildman–Crippen LogP) is 3.35. The number of amides is 1. The van der Waals surface area contributed by atoms with Crippen LogP contribution in [0.25, 0.3) is 0 Å². The molecule has 0 unspecified atom stereocenters. The fraction of sp³-hybridized carbons (Fsp3) is 0.529. The van der Waals surface area contributed by atoms with Gasteiger partial charge in [0, 0.05) is 19.5 Å². The molecule has 4 nitrogen and oxygen atoms in total. The minimum Gasteiger partial charge on any atom is -0.481 e. The van der Waals surface area contributed by atoms with E-state index in [0.717, 1.165) is 18.9 Å². The quantitative estimate of drug-likeness (QED) is 0.892. The number of carboxylic acid groups (broad SMARTS) is 1. The van der Waals surface area contributed by atoms with Crippen LogP contribution in [0, 0.1) is 5.92 Å². The summed E-state index contributed by atoms with van der Waals surface area (Å²) in [6.07, 6.45) is -2.65. The summed E-state index contributed by atoms with van der Waals surface area (Å²) < 4.78 is 39.0. The van der Waals surface area contributed by atoms with E-state index in [9.17, 15) is 22.8 Å². The molecule has 24 heavy (non-hydrogen) atoms. The Morgan fingerprint density at radius 1 is 1.25 bits per heavy atom. The van der Waals surface area contributed by atoms with E-state index in [1.807, 2.05) is 0 Å². The maximum absolute atomic E-state index is 13.0. The number of carboxylic acids is 1. The topological polar surface area (TPSA) is 57.6 Å². The number of benzene rings is 1. The van der Waals surface area contributed by atoms with Gasteiger partial charge in [-0.25, -0.2) is 0 Å². The Hall–Kier alpha value is -2.05. The molecule has 1 atom stereocenters. The number of piperidine rings is 1. The number of nitrogens with zero attached hydrogens (tertiary/aromatic N) is 1. The zero-order chi connectivity index (χ0) is 17.7. The van der Waals surface area contributed by atoms with Crippen LogP contribution in [0.2, 0.25) is 0 Å². The minimum atomic E-state index is -4.48. The summed E-state index contributed by atoms with van der Waals surface area (Å²) in [7, 11) is 0. The summed E-state index contributed by atoms with van der Waals surface area (Å²) in [4.78, 5) is 24.6. The van der Waals surface area contributed by atoms with Crippen molar-refractivity contribution in [2.75, 3.05) is 13.1 Å². The number of hydrogen-bond acceptors (Lipinski definition) is 2. The maximum atomic E-state index is 13.0. The molecular weight excluding hydrogens is 323 g/mol. The molecular formula is C17H20F3NO3. The minimum absolute atomic E-state index is 0.0253. The van der Waals surface area contributed by atoms with Crippen molar-refractivity contribution in [1.82, 2.24) is 4.90 Å². The number of carbonyl (C=O) groups is 2. The van der Waals surface area contributed by atoms with E-state index in [1.165, 1.54) is 18.2 Å². The molecule has 0 spiro atoms. The van der Waals surface area contributed by atoms with Crippen molar-refractivity contribution in [1.29, 1.82) is 0 Å². The van der Waals surface area contributed by atoms with Crippen molar-refractivity contribution in [3.8, 4) is 0 Å². The summed E-state index contributed by atoms with van der Waals surface area (Å²) in [5.41, 5.74) is -0.805. The third-order valence-electron chi connectivity index (χ3n) is 4.30. The van der Waals surface area contributed by atoms with Gasteiger partial charge >= 0.3 is 12.1 Å². The Kier molecular flexibility index (Phi) is 5.85.